The summed E-state index contributed by atoms with van der Waals surface area (Å²) in [5, 5.41) is 4.19. The molecule has 1 aliphatic rings. The van der Waals surface area contributed by atoms with Crippen molar-refractivity contribution in [1.29, 1.82) is 0 Å². The van der Waals surface area contributed by atoms with E-state index in [4.69, 9.17) is 4.98 Å². The van der Waals surface area contributed by atoms with Gasteiger partial charge in [0, 0.05) is 49.7 Å². The smallest absolute Gasteiger partial charge is 0.251 e. The molecule has 158 valence electrons. The predicted octanol–water partition coefficient (Wildman–Crippen LogP) is 4.27. The molecule has 1 aliphatic heterocycles. The number of carbonyl (C=O) groups is 1. The molecule has 0 unspecified atom stereocenters. The molecule has 7 heteroatoms. The molecule has 1 fully saturated rings. The lowest BCUT2D eigenvalue weighted by molar-refractivity contribution is 0.0947. The van der Waals surface area contributed by atoms with Crippen LogP contribution in [0.15, 0.2) is 47.4 Å². The van der Waals surface area contributed by atoms with Gasteiger partial charge in [0.2, 0.25) is 0 Å². The Morgan fingerprint density at radius 1 is 1.17 bits per heavy atom. The standard InChI is InChI=1S/C23H28N4OS2/c1-3-29-19-8-5-7-18(16-19)22(28)24-10-11-26-12-14-27(15-13-26)23-25-21-17(2)6-4-9-20(21)30-23/h4-9,16H,3,10-15H2,1-2H3,(H,24,28). The topological polar surface area (TPSA) is 48.5 Å². The zero-order valence-electron chi connectivity index (χ0n) is 17.6. The van der Waals surface area contributed by atoms with Gasteiger partial charge < -0.3 is 10.2 Å². The van der Waals surface area contributed by atoms with Crippen molar-refractivity contribution in [3.8, 4) is 0 Å². The van der Waals surface area contributed by atoms with Gasteiger partial charge in [0.1, 0.15) is 0 Å². The molecular formula is C23H28N4OS2. The fourth-order valence-electron chi connectivity index (χ4n) is 3.70. The van der Waals surface area contributed by atoms with Crippen LogP contribution in [-0.4, -0.2) is 60.8 Å². The van der Waals surface area contributed by atoms with Crippen LogP contribution in [0.1, 0.15) is 22.8 Å². The summed E-state index contributed by atoms with van der Waals surface area (Å²) in [7, 11) is 0. The molecule has 0 atom stereocenters. The van der Waals surface area contributed by atoms with Crippen LogP contribution in [0, 0.1) is 6.92 Å². The summed E-state index contributed by atoms with van der Waals surface area (Å²) in [6, 6.07) is 14.2. The molecule has 1 saturated heterocycles. The number of benzene rings is 2. The minimum absolute atomic E-state index is 0.0111. The third kappa shape index (κ3) is 4.96. The highest BCUT2D eigenvalue weighted by Crippen LogP contribution is 2.30. The number of thioether (sulfide) groups is 1. The van der Waals surface area contributed by atoms with Gasteiger partial charge in [-0.2, -0.15) is 0 Å². The maximum absolute atomic E-state index is 12.4. The number of thiazole rings is 1. The number of aryl methyl sites for hydroxylation is 1. The number of fused-ring (bicyclic) bond motifs is 1. The van der Waals surface area contributed by atoms with Gasteiger partial charge in [0.05, 0.1) is 10.2 Å². The number of hydrogen-bond acceptors (Lipinski definition) is 6. The van der Waals surface area contributed by atoms with E-state index in [2.05, 4.69) is 53.2 Å². The van der Waals surface area contributed by atoms with Crippen molar-refractivity contribution in [2.24, 2.45) is 0 Å². The highest BCUT2D eigenvalue weighted by molar-refractivity contribution is 7.99. The summed E-state index contributed by atoms with van der Waals surface area (Å²) in [6.45, 7) is 9.73. The second kappa shape index (κ2) is 9.81. The Balaban J connectivity index is 1.24. The van der Waals surface area contributed by atoms with E-state index in [9.17, 15) is 4.79 Å². The fourth-order valence-corrected chi connectivity index (χ4v) is 5.51. The number of hydrogen-bond donors (Lipinski definition) is 1. The third-order valence-electron chi connectivity index (χ3n) is 5.37. The molecule has 0 radical (unpaired) electrons. The van der Waals surface area contributed by atoms with Crippen LogP contribution in [0.25, 0.3) is 10.2 Å². The average molecular weight is 441 g/mol. The summed E-state index contributed by atoms with van der Waals surface area (Å²) in [5.74, 6) is 1.02. The molecule has 2 aromatic carbocycles. The summed E-state index contributed by atoms with van der Waals surface area (Å²) in [4.78, 5) is 23.3. The van der Waals surface area contributed by atoms with E-state index in [1.165, 1.54) is 10.3 Å². The zero-order chi connectivity index (χ0) is 20.9. The van der Waals surface area contributed by atoms with E-state index in [0.29, 0.717) is 6.54 Å². The first-order valence-electron chi connectivity index (χ1n) is 10.5. The largest absolute Gasteiger partial charge is 0.351 e. The van der Waals surface area contributed by atoms with Gasteiger partial charge in [-0.3, -0.25) is 9.69 Å². The van der Waals surface area contributed by atoms with Crippen molar-refractivity contribution in [2.45, 2.75) is 18.7 Å². The molecule has 4 rings (SSSR count). The highest BCUT2D eigenvalue weighted by atomic mass is 32.2. The van der Waals surface area contributed by atoms with Crippen LogP contribution in [0.2, 0.25) is 0 Å². The van der Waals surface area contributed by atoms with Gasteiger partial charge in [-0.05, 0) is 42.5 Å². The maximum atomic E-state index is 12.4. The van der Waals surface area contributed by atoms with Crippen molar-refractivity contribution in [3.63, 3.8) is 0 Å². The lowest BCUT2D eigenvalue weighted by Crippen LogP contribution is -2.48. The third-order valence-corrected chi connectivity index (χ3v) is 7.33. The minimum Gasteiger partial charge on any atom is -0.351 e. The Morgan fingerprint density at radius 2 is 1.97 bits per heavy atom. The molecule has 0 aliphatic carbocycles. The first-order valence-corrected chi connectivity index (χ1v) is 12.3. The van der Waals surface area contributed by atoms with Gasteiger partial charge in [0.25, 0.3) is 5.91 Å². The quantitative estimate of drug-likeness (QED) is 0.556. The Morgan fingerprint density at radius 3 is 2.73 bits per heavy atom. The van der Waals surface area contributed by atoms with Crippen molar-refractivity contribution in [1.82, 2.24) is 15.2 Å². The lowest BCUT2D eigenvalue weighted by Gasteiger charge is -2.34. The molecule has 3 aromatic rings. The molecule has 2 heterocycles. The van der Waals surface area contributed by atoms with Crippen molar-refractivity contribution >= 4 is 44.4 Å². The van der Waals surface area contributed by atoms with Gasteiger partial charge in [-0.25, -0.2) is 4.98 Å². The number of para-hydroxylation sites is 1. The van der Waals surface area contributed by atoms with Crippen molar-refractivity contribution in [2.75, 3.05) is 49.9 Å². The van der Waals surface area contributed by atoms with E-state index in [0.717, 1.165) is 59.6 Å². The first-order chi connectivity index (χ1) is 14.6. The normalized spacial score (nSPS) is 14.9. The van der Waals surface area contributed by atoms with E-state index >= 15 is 0 Å². The van der Waals surface area contributed by atoms with E-state index in [-0.39, 0.29) is 5.91 Å². The number of rotatable bonds is 7. The molecule has 1 amide bonds. The highest BCUT2D eigenvalue weighted by Gasteiger charge is 2.20. The Kier molecular flexibility index (Phi) is 6.92. The number of amides is 1. The second-order valence-electron chi connectivity index (χ2n) is 7.46. The Bertz CT molecular complexity index is 1010. The van der Waals surface area contributed by atoms with Crippen molar-refractivity contribution < 1.29 is 4.79 Å². The second-order valence-corrected chi connectivity index (χ2v) is 9.81. The molecule has 0 saturated carbocycles. The van der Waals surface area contributed by atoms with E-state index in [1.54, 1.807) is 23.1 Å². The van der Waals surface area contributed by atoms with Crippen LogP contribution in [0.3, 0.4) is 0 Å². The number of nitrogens with one attached hydrogen (secondary N) is 1. The molecule has 30 heavy (non-hydrogen) atoms. The molecular weight excluding hydrogens is 412 g/mol. The summed E-state index contributed by atoms with van der Waals surface area (Å²) in [5.41, 5.74) is 3.11. The summed E-state index contributed by atoms with van der Waals surface area (Å²) in [6.07, 6.45) is 0. The molecule has 1 N–H and O–H groups in total. The monoisotopic (exact) mass is 440 g/mol. The lowest BCUT2D eigenvalue weighted by atomic mass is 10.2. The van der Waals surface area contributed by atoms with Gasteiger partial charge in [-0.15, -0.1) is 11.8 Å². The van der Waals surface area contributed by atoms with E-state index in [1.807, 2.05) is 18.2 Å². The fraction of sp³-hybridized carbons (Fsp3) is 0.391. The van der Waals surface area contributed by atoms with Crippen LogP contribution >= 0.6 is 23.1 Å². The number of anilines is 1. The molecule has 0 spiro atoms. The number of piperazine rings is 1. The van der Waals surface area contributed by atoms with Gasteiger partial charge in [0.15, 0.2) is 5.13 Å². The predicted molar refractivity (Wildman–Crippen MR) is 128 cm³/mol. The number of carbonyl (C=O) groups excluding carboxylic acids is 1. The number of aromatic nitrogens is 1. The summed E-state index contributed by atoms with van der Waals surface area (Å²) >= 11 is 3.54. The minimum atomic E-state index is 0.0111. The van der Waals surface area contributed by atoms with Gasteiger partial charge >= 0.3 is 0 Å². The van der Waals surface area contributed by atoms with Crippen LogP contribution in [0.5, 0.6) is 0 Å². The first kappa shape index (κ1) is 21.2. The molecule has 1 aromatic heterocycles. The van der Waals surface area contributed by atoms with E-state index < -0.39 is 0 Å². The zero-order valence-corrected chi connectivity index (χ0v) is 19.2. The van der Waals surface area contributed by atoms with Gasteiger partial charge in [-0.1, -0.05) is 36.5 Å². The van der Waals surface area contributed by atoms with Crippen LogP contribution in [-0.2, 0) is 0 Å². The molecule has 5 nitrogen and oxygen atoms in total. The summed E-state index contributed by atoms with van der Waals surface area (Å²) < 4.78 is 1.26. The van der Waals surface area contributed by atoms with Crippen LogP contribution < -0.4 is 10.2 Å². The SMILES string of the molecule is CCSc1cccc(C(=O)NCCN2CCN(c3nc4c(C)cccc4s3)CC2)c1. The van der Waals surface area contributed by atoms with Crippen molar-refractivity contribution in [3.05, 3.63) is 53.6 Å². The Labute approximate surface area is 186 Å². The number of nitrogens with zero attached hydrogens (tertiary/aromatic N) is 3. The Hall–Kier alpha value is -2.09. The van der Waals surface area contributed by atoms with Crippen LogP contribution in [0.4, 0.5) is 5.13 Å². The maximum Gasteiger partial charge on any atom is 0.251 e. The average Bonchev–Trinajstić information content (AvgIpc) is 3.20. The molecule has 0 bridgehead atoms.